The number of nitrogens with one attached hydrogen (secondary N) is 2. The molecule has 1 aliphatic carbocycles. The van der Waals surface area contributed by atoms with Crippen LogP contribution >= 0.6 is 0 Å². The molecule has 0 fully saturated rings. The molecule has 0 bridgehead atoms. The molecular weight excluding hydrogens is 292 g/mol. The number of carbonyl (C=O) groups is 1. The molecule has 5 nitrogen and oxygen atoms in total. The standard InChI is InChI=1S/C18H18N2O3/c1-22-11-7-8-14-13(10-11)12-4-2-5-15(17(12)19-14)20-18(21)16-6-3-9-23-16/h3,6-10,15,19H,2,4-5H2,1H3,(H,20,21). The Balaban J connectivity index is 1.69. The normalized spacial score (nSPS) is 17.0. The Hall–Kier alpha value is -2.69. The maximum Gasteiger partial charge on any atom is 0.287 e. The molecule has 0 saturated heterocycles. The Morgan fingerprint density at radius 2 is 2.30 bits per heavy atom. The lowest BCUT2D eigenvalue weighted by atomic mass is 9.91. The zero-order valence-corrected chi connectivity index (χ0v) is 12.9. The summed E-state index contributed by atoms with van der Waals surface area (Å²) >= 11 is 0. The number of ether oxygens (including phenoxy) is 1. The Morgan fingerprint density at radius 3 is 3.09 bits per heavy atom. The number of carbonyl (C=O) groups excluding carboxylic acids is 1. The van der Waals surface area contributed by atoms with E-state index in [1.54, 1.807) is 19.2 Å². The second-order valence-electron chi connectivity index (χ2n) is 5.82. The van der Waals surface area contributed by atoms with Crippen LogP contribution in [0.4, 0.5) is 0 Å². The molecule has 23 heavy (non-hydrogen) atoms. The van der Waals surface area contributed by atoms with Crippen molar-refractivity contribution < 1.29 is 13.9 Å². The predicted octanol–water partition coefficient (Wildman–Crippen LogP) is 3.58. The van der Waals surface area contributed by atoms with Crippen LogP contribution in [0.1, 0.15) is 40.7 Å². The molecule has 0 saturated carbocycles. The minimum absolute atomic E-state index is 0.0188. The van der Waals surface area contributed by atoms with Crippen LogP contribution in [-0.2, 0) is 6.42 Å². The fraction of sp³-hybridized carbons (Fsp3) is 0.278. The Bertz CT molecular complexity index is 849. The Kier molecular flexibility index (Phi) is 3.33. The van der Waals surface area contributed by atoms with E-state index in [2.05, 4.69) is 16.4 Å². The monoisotopic (exact) mass is 310 g/mol. The van der Waals surface area contributed by atoms with Crippen LogP contribution in [-0.4, -0.2) is 18.0 Å². The van der Waals surface area contributed by atoms with Gasteiger partial charge in [-0.25, -0.2) is 0 Å². The first-order chi connectivity index (χ1) is 11.3. The van der Waals surface area contributed by atoms with Crippen LogP contribution in [0.3, 0.4) is 0 Å². The van der Waals surface area contributed by atoms with Crippen molar-refractivity contribution in [2.75, 3.05) is 7.11 Å². The van der Waals surface area contributed by atoms with E-state index >= 15 is 0 Å². The summed E-state index contributed by atoms with van der Waals surface area (Å²) in [5.41, 5.74) is 3.45. The number of H-pyrrole nitrogens is 1. The molecule has 1 atom stereocenters. The number of aryl methyl sites for hydroxylation is 1. The third-order valence-electron chi connectivity index (χ3n) is 4.46. The minimum Gasteiger partial charge on any atom is -0.497 e. The number of amides is 1. The van der Waals surface area contributed by atoms with Crippen LogP contribution in [0.2, 0.25) is 0 Å². The van der Waals surface area contributed by atoms with Gasteiger partial charge >= 0.3 is 0 Å². The van der Waals surface area contributed by atoms with Crippen molar-refractivity contribution in [1.29, 1.82) is 0 Å². The van der Waals surface area contributed by atoms with Crippen molar-refractivity contribution in [2.45, 2.75) is 25.3 Å². The number of aromatic nitrogens is 1. The van der Waals surface area contributed by atoms with Crippen LogP contribution in [0, 0.1) is 0 Å². The minimum atomic E-state index is -0.177. The number of hydrogen-bond donors (Lipinski definition) is 2. The molecule has 2 aromatic heterocycles. The molecule has 1 amide bonds. The van der Waals surface area contributed by atoms with E-state index in [-0.39, 0.29) is 11.9 Å². The molecule has 118 valence electrons. The zero-order chi connectivity index (χ0) is 15.8. The van der Waals surface area contributed by atoms with E-state index in [1.165, 1.54) is 17.2 Å². The van der Waals surface area contributed by atoms with Crippen molar-refractivity contribution in [3.05, 3.63) is 53.6 Å². The summed E-state index contributed by atoms with van der Waals surface area (Å²) in [6.07, 6.45) is 4.48. The number of fused-ring (bicyclic) bond motifs is 3. The maximum absolute atomic E-state index is 12.3. The summed E-state index contributed by atoms with van der Waals surface area (Å²) < 4.78 is 10.5. The number of benzene rings is 1. The average Bonchev–Trinajstić information content (AvgIpc) is 3.22. The molecule has 0 aliphatic heterocycles. The van der Waals surface area contributed by atoms with Crippen LogP contribution in [0.25, 0.3) is 10.9 Å². The number of furan rings is 1. The fourth-order valence-corrected chi connectivity index (χ4v) is 3.35. The number of aromatic amines is 1. The maximum atomic E-state index is 12.3. The highest BCUT2D eigenvalue weighted by Crippen LogP contribution is 2.36. The van der Waals surface area contributed by atoms with Gasteiger partial charge in [-0.3, -0.25) is 4.79 Å². The van der Waals surface area contributed by atoms with Gasteiger partial charge in [0.15, 0.2) is 5.76 Å². The summed E-state index contributed by atoms with van der Waals surface area (Å²) in [6, 6.07) is 9.40. The van der Waals surface area contributed by atoms with Gasteiger partial charge < -0.3 is 19.5 Å². The largest absolute Gasteiger partial charge is 0.497 e. The first-order valence-electron chi connectivity index (χ1n) is 7.79. The molecule has 2 N–H and O–H groups in total. The molecule has 5 heteroatoms. The molecule has 0 spiro atoms. The first-order valence-corrected chi connectivity index (χ1v) is 7.79. The summed E-state index contributed by atoms with van der Waals surface area (Å²) in [6.45, 7) is 0. The lowest BCUT2D eigenvalue weighted by molar-refractivity contribution is 0.0904. The summed E-state index contributed by atoms with van der Waals surface area (Å²) in [4.78, 5) is 15.7. The smallest absolute Gasteiger partial charge is 0.287 e. The summed E-state index contributed by atoms with van der Waals surface area (Å²) in [7, 11) is 1.67. The van der Waals surface area contributed by atoms with E-state index in [1.807, 2.05) is 12.1 Å². The van der Waals surface area contributed by atoms with Gasteiger partial charge in [0, 0.05) is 16.6 Å². The van der Waals surface area contributed by atoms with E-state index in [9.17, 15) is 4.79 Å². The van der Waals surface area contributed by atoms with Gasteiger partial charge in [0.25, 0.3) is 5.91 Å². The highest BCUT2D eigenvalue weighted by molar-refractivity contribution is 5.92. The Morgan fingerprint density at radius 1 is 1.39 bits per heavy atom. The van der Waals surface area contributed by atoms with Gasteiger partial charge in [-0.2, -0.15) is 0 Å². The number of rotatable bonds is 3. The van der Waals surface area contributed by atoms with E-state index in [0.717, 1.165) is 36.2 Å². The third-order valence-corrected chi connectivity index (χ3v) is 4.46. The quantitative estimate of drug-likeness (QED) is 0.777. The molecule has 1 aromatic carbocycles. The van der Waals surface area contributed by atoms with E-state index < -0.39 is 0 Å². The lowest BCUT2D eigenvalue weighted by Crippen LogP contribution is -2.30. The summed E-state index contributed by atoms with van der Waals surface area (Å²) in [5, 5.41) is 4.25. The average molecular weight is 310 g/mol. The lowest BCUT2D eigenvalue weighted by Gasteiger charge is -2.23. The number of hydrogen-bond acceptors (Lipinski definition) is 3. The molecule has 1 aliphatic rings. The zero-order valence-electron chi connectivity index (χ0n) is 12.9. The van der Waals surface area contributed by atoms with Gasteiger partial charge in [-0.05, 0) is 55.2 Å². The first kappa shape index (κ1) is 13.9. The van der Waals surface area contributed by atoms with Gasteiger partial charge in [-0.1, -0.05) is 0 Å². The molecule has 2 heterocycles. The highest BCUT2D eigenvalue weighted by Gasteiger charge is 2.26. The topological polar surface area (TPSA) is 67.3 Å². The third kappa shape index (κ3) is 2.38. The van der Waals surface area contributed by atoms with Gasteiger partial charge in [0.05, 0.1) is 19.4 Å². The Labute approximate surface area is 133 Å². The molecule has 1 unspecified atom stereocenters. The predicted molar refractivity (Wildman–Crippen MR) is 86.7 cm³/mol. The molecule has 3 aromatic rings. The SMILES string of the molecule is COc1ccc2[nH]c3c(c2c1)CCCC3NC(=O)c1ccco1. The second-order valence-corrected chi connectivity index (χ2v) is 5.82. The van der Waals surface area contributed by atoms with E-state index in [0.29, 0.717) is 5.76 Å². The van der Waals surface area contributed by atoms with Crippen molar-refractivity contribution in [1.82, 2.24) is 10.3 Å². The van der Waals surface area contributed by atoms with Gasteiger partial charge in [-0.15, -0.1) is 0 Å². The molecule has 4 rings (SSSR count). The molecular formula is C18H18N2O3. The highest BCUT2D eigenvalue weighted by atomic mass is 16.5. The molecule has 0 radical (unpaired) electrons. The van der Waals surface area contributed by atoms with Gasteiger partial charge in [0.2, 0.25) is 0 Å². The van der Waals surface area contributed by atoms with Crippen LogP contribution in [0.15, 0.2) is 41.0 Å². The van der Waals surface area contributed by atoms with Crippen molar-refractivity contribution >= 4 is 16.8 Å². The fourth-order valence-electron chi connectivity index (χ4n) is 3.35. The van der Waals surface area contributed by atoms with Gasteiger partial charge in [0.1, 0.15) is 5.75 Å². The van der Waals surface area contributed by atoms with Crippen molar-refractivity contribution in [3.8, 4) is 5.75 Å². The second kappa shape index (κ2) is 5.50. The van der Waals surface area contributed by atoms with Crippen molar-refractivity contribution in [3.63, 3.8) is 0 Å². The number of methoxy groups -OCH3 is 1. The van der Waals surface area contributed by atoms with Crippen molar-refractivity contribution in [2.24, 2.45) is 0 Å². The van der Waals surface area contributed by atoms with E-state index in [4.69, 9.17) is 9.15 Å². The summed E-state index contributed by atoms with van der Waals surface area (Å²) in [5.74, 6) is 1.01. The van der Waals surface area contributed by atoms with Crippen LogP contribution < -0.4 is 10.1 Å². The van der Waals surface area contributed by atoms with Crippen LogP contribution in [0.5, 0.6) is 5.75 Å².